The van der Waals surface area contributed by atoms with Gasteiger partial charge in [0.25, 0.3) is 5.56 Å². The Morgan fingerprint density at radius 1 is 1.02 bits per heavy atom. The minimum atomic E-state index is -1.29. The molecule has 0 bridgehead atoms. The first-order chi connectivity index (χ1) is 24.9. The van der Waals surface area contributed by atoms with Crippen LogP contribution in [-0.2, 0) is 21.0 Å². The zero-order valence-electron chi connectivity index (χ0n) is 30.1. The highest BCUT2D eigenvalue weighted by Gasteiger charge is 2.39. The number of nitrogens with zero attached hydrogens (tertiary/aromatic N) is 3. The van der Waals surface area contributed by atoms with E-state index in [9.17, 15) is 14.4 Å². The first-order valence-electron chi connectivity index (χ1n) is 17.4. The second kappa shape index (κ2) is 16.0. The molecule has 5 aromatic rings. The Labute approximate surface area is 303 Å². The fraction of sp³-hybridized carbons (Fsp3) is 0.333. The summed E-state index contributed by atoms with van der Waals surface area (Å²) >= 11 is 0. The smallest absolute Gasteiger partial charge is 0.330 e. The normalized spacial score (nSPS) is 17.5. The van der Waals surface area contributed by atoms with Crippen LogP contribution in [0, 0.1) is 13.8 Å². The molecule has 1 saturated heterocycles. The predicted octanol–water partition coefficient (Wildman–Crippen LogP) is 6.28. The number of hydrogen-bond acceptors (Lipinski definition) is 8. The summed E-state index contributed by atoms with van der Waals surface area (Å²) in [5, 5.41) is 2.86. The van der Waals surface area contributed by atoms with Gasteiger partial charge in [-0.3, -0.25) is 19.1 Å². The molecule has 3 heterocycles. The van der Waals surface area contributed by atoms with E-state index < -0.39 is 31.5 Å². The van der Waals surface area contributed by atoms with Crippen LogP contribution in [0.4, 0.5) is 5.69 Å². The number of ether oxygens (including phenoxy) is 4. The van der Waals surface area contributed by atoms with E-state index in [2.05, 4.69) is 34.9 Å². The minimum absolute atomic E-state index is 0.00484. The highest BCUT2D eigenvalue weighted by atomic mass is 28.3. The van der Waals surface area contributed by atoms with Crippen LogP contribution in [0.3, 0.4) is 0 Å². The van der Waals surface area contributed by atoms with Crippen molar-refractivity contribution in [3.63, 3.8) is 0 Å². The van der Waals surface area contributed by atoms with E-state index in [0.29, 0.717) is 25.3 Å². The van der Waals surface area contributed by atoms with Gasteiger partial charge in [-0.25, -0.2) is 9.78 Å². The Balaban J connectivity index is 1.14. The topological polar surface area (TPSA) is 139 Å². The molecule has 0 radical (unpaired) electrons. The van der Waals surface area contributed by atoms with E-state index in [4.69, 9.17) is 18.9 Å². The monoisotopic (exact) mass is 723 g/mol. The van der Waals surface area contributed by atoms with Gasteiger partial charge in [-0.1, -0.05) is 55.0 Å². The van der Waals surface area contributed by atoms with E-state index in [1.807, 2.05) is 79.1 Å². The highest BCUT2D eigenvalue weighted by molar-refractivity contribution is 6.76. The van der Waals surface area contributed by atoms with Crippen molar-refractivity contribution in [1.82, 2.24) is 19.1 Å². The van der Waals surface area contributed by atoms with Crippen molar-refractivity contribution in [2.24, 2.45) is 0 Å². The van der Waals surface area contributed by atoms with E-state index in [1.54, 1.807) is 12.4 Å². The number of carbonyl (C=O) groups excluding carboxylic acids is 1. The maximum Gasteiger partial charge on any atom is 0.330 e. The summed E-state index contributed by atoms with van der Waals surface area (Å²) in [6.45, 7) is 11.6. The standard InChI is InChI=1S/C39H45N5O7Si/c1-26-6-12-30(13-7-26)49-23-35-34(50-31-14-8-27(2)9-15-31)21-37(51-35)44-24-40-32-16-11-29(20-33(32)44)41-36(45)17-10-28-22-43(39(47)42-38(28)46)25-48-18-19-52(3,4)5/h6-17,20,22,24,34-35,37H,18-19,21,23,25H2,1-5H3,(H,41,45)(H,42,46,47)/b17-10-/t34-,35+,37+/m0/s1. The Bertz CT molecular complexity index is 2150. The maximum atomic E-state index is 13.0. The average molecular weight is 724 g/mol. The summed E-state index contributed by atoms with van der Waals surface area (Å²) in [6.07, 6.45) is 5.21. The Morgan fingerprint density at radius 2 is 1.73 bits per heavy atom. The van der Waals surface area contributed by atoms with Gasteiger partial charge in [-0.2, -0.15) is 0 Å². The number of H-pyrrole nitrogens is 1. The lowest BCUT2D eigenvalue weighted by molar-refractivity contribution is -0.111. The molecule has 1 aliphatic heterocycles. The molecule has 0 aliphatic carbocycles. The molecule has 1 aliphatic rings. The van der Waals surface area contributed by atoms with Crippen molar-refractivity contribution in [3.8, 4) is 11.5 Å². The van der Waals surface area contributed by atoms with E-state index in [-0.39, 0.29) is 24.5 Å². The number of aromatic nitrogens is 4. The molecule has 6 rings (SSSR count). The third kappa shape index (κ3) is 9.54. The van der Waals surface area contributed by atoms with Gasteiger partial charge in [0.1, 0.15) is 43.3 Å². The Morgan fingerprint density at radius 3 is 2.44 bits per heavy atom. The van der Waals surface area contributed by atoms with Gasteiger partial charge in [0.2, 0.25) is 5.91 Å². The molecule has 0 unspecified atom stereocenters. The fourth-order valence-electron chi connectivity index (χ4n) is 5.71. The number of nitrogens with one attached hydrogen (secondary N) is 2. The molecule has 2 aromatic heterocycles. The zero-order valence-corrected chi connectivity index (χ0v) is 31.1. The summed E-state index contributed by atoms with van der Waals surface area (Å²) in [5.74, 6) is 1.05. The van der Waals surface area contributed by atoms with Gasteiger partial charge >= 0.3 is 5.69 Å². The van der Waals surface area contributed by atoms with Crippen LogP contribution in [0.25, 0.3) is 17.1 Å². The van der Waals surface area contributed by atoms with Crippen LogP contribution in [0.15, 0.2) is 94.9 Å². The lowest BCUT2D eigenvalue weighted by Crippen LogP contribution is -2.32. The fourth-order valence-corrected chi connectivity index (χ4v) is 6.47. The van der Waals surface area contributed by atoms with Crippen LogP contribution in [0.5, 0.6) is 11.5 Å². The second-order valence-corrected chi connectivity index (χ2v) is 19.9. The molecule has 0 saturated carbocycles. The summed E-state index contributed by atoms with van der Waals surface area (Å²) in [7, 11) is -1.29. The first kappa shape index (κ1) is 36.5. The lowest BCUT2D eigenvalue weighted by Gasteiger charge is -2.20. The quantitative estimate of drug-likeness (QED) is 0.0776. The van der Waals surface area contributed by atoms with E-state index in [0.717, 1.165) is 39.7 Å². The summed E-state index contributed by atoms with van der Waals surface area (Å²) in [5.41, 5.74) is 3.30. The number of imidazole rings is 1. The molecule has 1 fully saturated rings. The summed E-state index contributed by atoms with van der Waals surface area (Å²) in [4.78, 5) is 44.6. The van der Waals surface area contributed by atoms with Crippen molar-refractivity contribution in [3.05, 3.63) is 123 Å². The Hall–Kier alpha value is -5.24. The number of aryl methyl sites for hydroxylation is 2. The SMILES string of the molecule is Cc1ccc(OC[C@H]2O[C@@H](n3cnc4ccc(NC(=O)/C=C\c5cn(COCC[Si](C)(C)C)c(=O)[nH]c5=O)cc43)C[C@@H]2Oc2ccc(C)cc2)cc1. The van der Waals surface area contributed by atoms with Crippen molar-refractivity contribution in [1.29, 1.82) is 0 Å². The van der Waals surface area contributed by atoms with Crippen molar-refractivity contribution < 1.29 is 23.7 Å². The van der Waals surface area contributed by atoms with Crippen LogP contribution in [0.1, 0.15) is 29.3 Å². The molecule has 3 aromatic carbocycles. The third-order valence-electron chi connectivity index (χ3n) is 8.76. The van der Waals surface area contributed by atoms with Crippen LogP contribution >= 0.6 is 0 Å². The molecular weight excluding hydrogens is 679 g/mol. The number of carbonyl (C=O) groups is 1. The number of benzene rings is 3. The van der Waals surface area contributed by atoms with Crippen LogP contribution in [0.2, 0.25) is 25.7 Å². The third-order valence-corrected chi connectivity index (χ3v) is 10.5. The average Bonchev–Trinajstić information content (AvgIpc) is 3.70. The van der Waals surface area contributed by atoms with Crippen LogP contribution in [-0.4, -0.2) is 58.5 Å². The largest absolute Gasteiger partial charge is 0.491 e. The Kier molecular flexibility index (Phi) is 11.2. The maximum absolute atomic E-state index is 13.0. The number of amides is 1. The van der Waals surface area contributed by atoms with Crippen molar-refractivity contribution >= 4 is 36.8 Å². The number of aromatic amines is 1. The molecule has 13 heteroatoms. The number of anilines is 1. The molecule has 1 amide bonds. The van der Waals surface area contributed by atoms with E-state index in [1.165, 1.54) is 22.9 Å². The van der Waals surface area contributed by atoms with Crippen LogP contribution < -0.4 is 26.0 Å². The summed E-state index contributed by atoms with van der Waals surface area (Å²) in [6, 6.07) is 22.2. The number of fused-ring (bicyclic) bond motifs is 1. The van der Waals surface area contributed by atoms with Gasteiger partial charge in [0, 0.05) is 39.1 Å². The minimum Gasteiger partial charge on any atom is -0.491 e. The number of rotatable bonds is 14. The van der Waals surface area contributed by atoms with Gasteiger partial charge in [-0.05, 0) is 68.4 Å². The molecule has 2 N–H and O–H groups in total. The second-order valence-electron chi connectivity index (χ2n) is 14.3. The van der Waals surface area contributed by atoms with Gasteiger partial charge < -0.3 is 28.8 Å². The lowest BCUT2D eigenvalue weighted by atomic mass is 10.1. The van der Waals surface area contributed by atoms with Gasteiger partial charge in [0.15, 0.2) is 0 Å². The van der Waals surface area contributed by atoms with Gasteiger partial charge in [0.05, 0.1) is 22.9 Å². The molecular formula is C39H45N5O7Si. The van der Waals surface area contributed by atoms with Crippen molar-refractivity contribution in [2.75, 3.05) is 18.5 Å². The predicted molar refractivity (Wildman–Crippen MR) is 204 cm³/mol. The van der Waals surface area contributed by atoms with Crippen molar-refractivity contribution in [2.45, 2.75) is 71.1 Å². The molecule has 0 spiro atoms. The summed E-state index contributed by atoms with van der Waals surface area (Å²) < 4.78 is 28.0. The zero-order chi connectivity index (χ0) is 36.8. The first-order valence-corrected chi connectivity index (χ1v) is 21.1. The molecule has 52 heavy (non-hydrogen) atoms. The van der Waals surface area contributed by atoms with E-state index >= 15 is 0 Å². The molecule has 3 atom stereocenters. The highest BCUT2D eigenvalue weighted by Crippen LogP contribution is 2.35. The molecule has 12 nitrogen and oxygen atoms in total. The molecule has 272 valence electrons. The van der Waals surface area contributed by atoms with Gasteiger partial charge in [-0.15, -0.1) is 0 Å². The number of hydrogen-bond donors (Lipinski definition) is 2.